The summed E-state index contributed by atoms with van der Waals surface area (Å²) in [6, 6.07) is 19.9. The van der Waals surface area contributed by atoms with Gasteiger partial charge in [0.2, 0.25) is 5.43 Å². The lowest BCUT2D eigenvalue weighted by molar-refractivity contribution is 0.0688. The van der Waals surface area contributed by atoms with Gasteiger partial charge in [-0.3, -0.25) is 14.4 Å². The van der Waals surface area contributed by atoms with Crippen LogP contribution in [0.1, 0.15) is 64.6 Å². The maximum atomic E-state index is 13.4. The van der Waals surface area contributed by atoms with Gasteiger partial charge >= 0.3 is 0 Å². The molecular weight excluding hydrogens is 438 g/mol. The molecule has 182 valence electrons. The summed E-state index contributed by atoms with van der Waals surface area (Å²) in [5.41, 5.74) is 1.80. The molecule has 2 aromatic carbocycles. The number of rotatable bonds is 7. The average molecular weight is 472 g/mol. The Hall–Kier alpha value is -3.67. The molecule has 1 aliphatic rings. The number of pyridine rings is 1. The average Bonchev–Trinajstić information content (AvgIpc) is 2.88. The van der Waals surface area contributed by atoms with Gasteiger partial charge in [-0.2, -0.15) is 0 Å². The number of likely N-dealkylation sites (tertiary alicyclic amines) is 1. The molecule has 0 radical (unpaired) electrons. The molecule has 0 bridgehead atoms. The molecule has 1 N–H and O–H groups in total. The molecule has 0 unspecified atom stereocenters. The summed E-state index contributed by atoms with van der Waals surface area (Å²) in [5.74, 6) is -0.242. The predicted molar refractivity (Wildman–Crippen MR) is 137 cm³/mol. The third-order valence-electron chi connectivity index (χ3n) is 6.68. The minimum atomic E-state index is -0.510. The molecule has 4 rings (SSSR count). The van der Waals surface area contributed by atoms with Crippen molar-refractivity contribution >= 4 is 11.8 Å². The van der Waals surface area contributed by atoms with E-state index >= 15 is 0 Å². The number of hydrogen-bond donors (Lipinski definition) is 1. The molecule has 2 amide bonds. The fourth-order valence-corrected chi connectivity index (χ4v) is 4.54. The second kappa shape index (κ2) is 11.2. The smallest absolute Gasteiger partial charge is 0.259 e. The molecule has 35 heavy (non-hydrogen) atoms. The molecule has 6 heteroatoms. The van der Waals surface area contributed by atoms with Gasteiger partial charge in [-0.15, -0.1) is 0 Å². The first-order chi connectivity index (χ1) is 16.9. The zero-order chi connectivity index (χ0) is 24.8. The number of piperidine rings is 1. The normalized spacial score (nSPS) is 14.2. The molecule has 1 aromatic heterocycles. The molecule has 0 saturated carbocycles. The summed E-state index contributed by atoms with van der Waals surface area (Å²) in [6.45, 7) is 5.45. The molecule has 2 heterocycles. The van der Waals surface area contributed by atoms with Gasteiger partial charge in [-0.1, -0.05) is 60.7 Å². The number of nitrogens with one attached hydrogen (secondary N) is 1. The van der Waals surface area contributed by atoms with Gasteiger partial charge in [0.1, 0.15) is 11.1 Å². The van der Waals surface area contributed by atoms with Gasteiger partial charge in [-0.05, 0) is 50.2 Å². The third-order valence-corrected chi connectivity index (χ3v) is 6.68. The number of aromatic nitrogens is 1. The van der Waals surface area contributed by atoms with Crippen molar-refractivity contribution in [2.45, 2.75) is 45.7 Å². The van der Waals surface area contributed by atoms with Crippen LogP contribution < -0.4 is 10.7 Å². The van der Waals surface area contributed by atoms with E-state index in [4.69, 9.17) is 0 Å². The quantitative estimate of drug-likeness (QED) is 0.553. The van der Waals surface area contributed by atoms with Crippen LogP contribution in [0, 0.1) is 5.92 Å². The van der Waals surface area contributed by atoms with Gasteiger partial charge in [-0.25, -0.2) is 0 Å². The second-order valence-electron chi connectivity index (χ2n) is 9.55. The Balaban J connectivity index is 1.48. The van der Waals surface area contributed by atoms with Crippen LogP contribution >= 0.6 is 0 Å². The summed E-state index contributed by atoms with van der Waals surface area (Å²) in [5, 5.41) is 2.82. The van der Waals surface area contributed by atoms with Crippen LogP contribution in [0.15, 0.2) is 77.9 Å². The Morgan fingerprint density at radius 2 is 1.46 bits per heavy atom. The lowest BCUT2D eigenvalue weighted by Gasteiger charge is -2.32. The summed E-state index contributed by atoms with van der Waals surface area (Å²) in [6.07, 6.45) is 5.95. The van der Waals surface area contributed by atoms with Gasteiger partial charge in [0.15, 0.2) is 0 Å². The van der Waals surface area contributed by atoms with E-state index in [0.29, 0.717) is 25.6 Å². The molecule has 0 atom stereocenters. The summed E-state index contributed by atoms with van der Waals surface area (Å²) in [4.78, 5) is 41.4. The van der Waals surface area contributed by atoms with E-state index < -0.39 is 11.3 Å². The lowest BCUT2D eigenvalue weighted by atomic mass is 9.90. The predicted octanol–water partition coefficient (Wildman–Crippen LogP) is 4.45. The van der Waals surface area contributed by atoms with Crippen molar-refractivity contribution in [1.82, 2.24) is 14.8 Å². The Morgan fingerprint density at radius 1 is 0.886 bits per heavy atom. The topological polar surface area (TPSA) is 71.4 Å². The van der Waals surface area contributed by atoms with Gasteiger partial charge in [0.05, 0.1) is 0 Å². The van der Waals surface area contributed by atoms with Crippen LogP contribution in [0.5, 0.6) is 0 Å². The van der Waals surface area contributed by atoms with E-state index in [1.807, 2.05) is 50.2 Å². The minimum absolute atomic E-state index is 0.000514. The highest BCUT2D eigenvalue weighted by molar-refractivity contribution is 5.99. The fourth-order valence-electron chi connectivity index (χ4n) is 4.54. The number of carbonyl (C=O) groups excluding carboxylic acids is 2. The van der Waals surface area contributed by atoms with Crippen LogP contribution in [0.2, 0.25) is 0 Å². The SMILES string of the molecule is CC(C)n1cc(C(=O)NCc2ccccc2)c(=O)c(C(=O)N2CCC(Cc3ccccc3)CC2)c1. The molecule has 0 spiro atoms. The van der Waals surface area contributed by atoms with Gasteiger partial charge in [0, 0.05) is 38.1 Å². The van der Waals surface area contributed by atoms with E-state index in [1.54, 1.807) is 21.9 Å². The highest BCUT2D eigenvalue weighted by Gasteiger charge is 2.27. The van der Waals surface area contributed by atoms with Crippen LogP contribution in [-0.2, 0) is 13.0 Å². The first-order valence-electron chi connectivity index (χ1n) is 12.3. The first-order valence-corrected chi connectivity index (χ1v) is 12.3. The number of benzene rings is 2. The lowest BCUT2D eigenvalue weighted by Crippen LogP contribution is -2.42. The molecule has 6 nitrogen and oxygen atoms in total. The zero-order valence-electron chi connectivity index (χ0n) is 20.4. The highest BCUT2D eigenvalue weighted by atomic mass is 16.2. The monoisotopic (exact) mass is 471 g/mol. The summed E-state index contributed by atoms with van der Waals surface area (Å²) < 4.78 is 1.77. The van der Waals surface area contributed by atoms with Crippen molar-refractivity contribution < 1.29 is 9.59 Å². The van der Waals surface area contributed by atoms with Gasteiger partial charge in [0.25, 0.3) is 11.8 Å². The second-order valence-corrected chi connectivity index (χ2v) is 9.55. The van der Waals surface area contributed by atoms with E-state index in [1.165, 1.54) is 5.56 Å². The van der Waals surface area contributed by atoms with Gasteiger partial charge < -0.3 is 14.8 Å². The van der Waals surface area contributed by atoms with Crippen LogP contribution in [0.4, 0.5) is 0 Å². The van der Waals surface area contributed by atoms with E-state index in [2.05, 4.69) is 29.6 Å². The zero-order valence-corrected chi connectivity index (χ0v) is 20.4. The van der Waals surface area contributed by atoms with E-state index in [9.17, 15) is 14.4 Å². The fraction of sp³-hybridized carbons (Fsp3) is 0.345. The largest absolute Gasteiger partial charge is 0.350 e. The van der Waals surface area contributed by atoms with Crippen molar-refractivity contribution in [3.63, 3.8) is 0 Å². The number of carbonyl (C=O) groups is 2. The number of hydrogen-bond acceptors (Lipinski definition) is 3. The van der Waals surface area contributed by atoms with Crippen molar-refractivity contribution in [3.8, 4) is 0 Å². The standard InChI is InChI=1S/C29H33N3O3/c1-21(2)32-19-25(28(34)30-18-24-11-7-4-8-12-24)27(33)26(20-32)29(35)31-15-13-23(14-16-31)17-22-9-5-3-6-10-22/h3-12,19-21,23H,13-18H2,1-2H3,(H,30,34). The van der Waals surface area contributed by atoms with Crippen LogP contribution in [0.3, 0.4) is 0 Å². The Morgan fingerprint density at radius 3 is 2.06 bits per heavy atom. The van der Waals surface area contributed by atoms with Crippen molar-refractivity contribution in [3.05, 3.63) is 106 Å². The Labute approximate surface area is 206 Å². The van der Waals surface area contributed by atoms with Crippen LogP contribution in [0.25, 0.3) is 0 Å². The minimum Gasteiger partial charge on any atom is -0.350 e. The molecule has 1 fully saturated rings. The maximum Gasteiger partial charge on any atom is 0.259 e. The molecule has 3 aromatic rings. The van der Waals surface area contributed by atoms with Crippen molar-refractivity contribution in [1.29, 1.82) is 0 Å². The Kier molecular flexibility index (Phi) is 7.80. The maximum absolute atomic E-state index is 13.4. The number of nitrogens with zero attached hydrogens (tertiary/aromatic N) is 2. The molecule has 1 aliphatic heterocycles. The van der Waals surface area contributed by atoms with Crippen molar-refractivity contribution in [2.24, 2.45) is 5.92 Å². The highest BCUT2D eigenvalue weighted by Crippen LogP contribution is 2.23. The van der Waals surface area contributed by atoms with Crippen molar-refractivity contribution in [2.75, 3.05) is 13.1 Å². The third kappa shape index (κ3) is 6.07. The van der Waals surface area contributed by atoms with E-state index in [0.717, 1.165) is 24.8 Å². The van der Waals surface area contributed by atoms with E-state index in [-0.39, 0.29) is 23.1 Å². The van der Waals surface area contributed by atoms with Crippen LogP contribution in [-0.4, -0.2) is 34.4 Å². The first kappa shape index (κ1) is 24.5. The summed E-state index contributed by atoms with van der Waals surface area (Å²) >= 11 is 0. The molecular formula is C29H33N3O3. The molecule has 0 aliphatic carbocycles. The number of amides is 2. The summed E-state index contributed by atoms with van der Waals surface area (Å²) in [7, 11) is 0. The Bertz CT molecular complexity index is 1210. The molecule has 1 saturated heterocycles.